The molecule has 0 spiro atoms. The normalized spacial score (nSPS) is 11.3. The Morgan fingerprint density at radius 3 is 2.09 bits per heavy atom. The molecule has 1 aromatic carbocycles. The molecule has 0 fully saturated rings. The molecular formula is C15H23F3N2O2. The van der Waals surface area contributed by atoms with Crippen LogP contribution in [0, 0.1) is 6.92 Å². The van der Waals surface area contributed by atoms with Crippen molar-refractivity contribution >= 4 is 17.5 Å². The van der Waals surface area contributed by atoms with E-state index in [0.717, 1.165) is 6.07 Å². The SMILES string of the molecule is CC.Cc1cc(NC(=O)OC(C)(C)C)c(N)cc1C(F)(F)F. The molecule has 0 radical (unpaired) electrons. The predicted molar refractivity (Wildman–Crippen MR) is 81.8 cm³/mol. The summed E-state index contributed by atoms with van der Waals surface area (Å²) in [5.41, 5.74) is 3.88. The number of alkyl halides is 3. The lowest BCUT2D eigenvalue weighted by molar-refractivity contribution is -0.138. The minimum absolute atomic E-state index is 0.0299. The summed E-state index contributed by atoms with van der Waals surface area (Å²) in [6.45, 7) is 10.3. The molecule has 0 aliphatic heterocycles. The maximum absolute atomic E-state index is 12.7. The first-order valence-electron chi connectivity index (χ1n) is 6.87. The second-order valence-corrected chi connectivity index (χ2v) is 5.38. The molecule has 0 unspecified atom stereocenters. The average molecular weight is 320 g/mol. The van der Waals surface area contributed by atoms with Crippen molar-refractivity contribution in [1.82, 2.24) is 0 Å². The summed E-state index contributed by atoms with van der Waals surface area (Å²) in [7, 11) is 0. The summed E-state index contributed by atoms with van der Waals surface area (Å²) in [5.74, 6) is 0. The number of nitrogens with two attached hydrogens (primary N) is 1. The third-order valence-electron chi connectivity index (χ3n) is 2.34. The summed E-state index contributed by atoms with van der Waals surface area (Å²) in [6.07, 6.45) is -5.26. The molecule has 22 heavy (non-hydrogen) atoms. The largest absolute Gasteiger partial charge is 0.444 e. The Morgan fingerprint density at radius 2 is 1.68 bits per heavy atom. The highest BCUT2D eigenvalue weighted by Crippen LogP contribution is 2.35. The van der Waals surface area contributed by atoms with Gasteiger partial charge in [0.1, 0.15) is 5.60 Å². The van der Waals surface area contributed by atoms with Crippen molar-refractivity contribution < 1.29 is 22.7 Å². The van der Waals surface area contributed by atoms with Gasteiger partial charge in [-0.25, -0.2) is 4.79 Å². The van der Waals surface area contributed by atoms with Crippen molar-refractivity contribution in [1.29, 1.82) is 0 Å². The number of carbonyl (C=O) groups excluding carboxylic acids is 1. The van der Waals surface area contributed by atoms with Gasteiger partial charge in [0.2, 0.25) is 0 Å². The van der Waals surface area contributed by atoms with Crippen molar-refractivity contribution in [2.45, 2.75) is 53.3 Å². The van der Waals surface area contributed by atoms with Gasteiger partial charge >= 0.3 is 12.3 Å². The molecule has 1 aromatic rings. The molecule has 1 amide bonds. The standard InChI is InChI=1S/C13H17F3N2O2.C2H6/c1-7-5-10(18-11(19)20-12(2,3)4)9(17)6-8(7)13(14,15)16;1-2/h5-6H,17H2,1-4H3,(H,18,19);1-2H3. The van der Waals surface area contributed by atoms with E-state index in [1.807, 2.05) is 13.8 Å². The Balaban J connectivity index is 0.00000211. The maximum Gasteiger partial charge on any atom is 0.416 e. The van der Waals surface area contributed by atoms with Crippen LogP contribution in [-0.2, 0) is 10.9 Å². The number of carbonyl (C=O) groups is 1. The summed E-state index contributed by atoms with van der Waals surface area (Å²) >= 11 is 0. The number of amides is 1. The van der Waals surface area contributed by atoms with Crippen LogP contribution in [0.2, 0.25) is 0 Å². The summed E-state index contributed by atoms with van der Waals surface area (Å²) < 4.78 is 43.0. The third-order valence-corrected chi connectivity index (χ3v) is 2.34. The zero-order valence-electron chi connectivity index (χ0n) is 13.7. The van der Waals surface area contributed by atoms with Crippen LogP contribution in [-0.4, -0.2) is 11.7 Å². The van der Waals surface area contributed by atoms with Gasteiger partial charge in [0.05, 0.1) is 16.9 Å². The fraction of sp³-hybridized carbons (Fsp3) is 0.533. The van der Waals surface area contributed by atoms with Gasteiger partial charge in [-0.3, -0.25) is 5.32 Å². The Kier molecular flexibility index (Phi) is 6.73. The van der Waals surface area contributed by atoms with Gasteiger partial charge < -0.3 is 10.5 Å². The molecule has 0 bridgehead atoms. The van der Waals surface area contributed by atoms with Crippen LogP contribution in [0.15, 0.2) is 12.1 Å². The average Bonchev–Trinajstić information content (AvgIpc) is 2.32. The van der Waals surface area contributed by atoms with Gasteiger partial charge in [0.25, 0.3) is 0 Å². The van der Waals surface area contributed by atoms with Gasteiger partial charge in [-0.15, -0.1) is 0 Å². The summed E-state index contributed by atoms with van der Waals surface area (Å²) in [6, 6.07) is 1.96. The molecule has 0 atom stereocenters. The van der Waals surface area contributed by atoms with E-state index in [4.69, 9.17) is 10.5 Å². The fourth-order valence-electron chi connectivity index (χ4n) is 1.55. The highest BCUT2D eigenvalue weighted by atomic mass is 19.4. The first kappa shape index (κ1) is 20.1. The Hall–Kier alpha value is -1.92. The molecule has 126 valence electrons. The minimum atomic E-state index is -4.48. The first-order valence-corrected chi connectivity index (χ1v) is 6.87. The lowest BCUT2D eigenvalue weighted by Gasteiger charge is -2.20. The van der Waals surface area contributed by atoms with E-state index in [0.29, 0.717) is 0 Å². The molecule has 0 heterocycles. The van der Waals surface area contributed by atoms with E-state index in [1.165, 1.54) is 13.0 Å². The Labute approximate surface area is 128 Å². The van der Waals surface area contributed by atoms with Crippen molar-refractivity contribution in [2.75, 3.05) is 11.1 Å². The molecule has 0 aliphatic rings. The number of nitrogen functional groups attached to an aromatic ring is 1. The van der Waals surface area contributed by atoms with Crippen LogP contribution in [0.4, 0.5) is 29.3 Å². The number of rotatable bonds is 1. The fourth-order valence-corrected chi connectivity index (χ4v) is 1.55. The number of nitrogens with one attached hydrogen (secondary N) is 1. The zero-order chi connectivity index (χ0) is 17.7. The van der Waals surface area contributed by atoms with Crippen molar-refractivity contribution in [3.63, 3.8) is 0 Å². The monoisotopic (exact) mass is 320 g/mol. The topological polar surface area (TPSA) is 64.3 Å². The molecule has 3 N–H and O–H groups in total. The van der Waals surface area contributed by atoms with E-state index in [1.54, 1.807) is 20.8 Å². The van der Waals surface area contributed by atoms with Crippen molar-refractivity contribution in [3.05, 3.63) is 23.3 Å². The molecular weight excluding hydrogens is 297 g/mol. The zero-order valence-corrected chi connectivity index (χ0v) is 13.7. The van der Waals surface area contributed by atoms with Gasteiger partial charge in [-0.05, 0) is 45.4 Å². The van der Waals surface area contributed by atoms with Gasteiger partial charge in [-0.2, -0.15) is 13.2 Å². The van der Waals surface area contributed by atoms with E-state index in [-0.39, 0.29) is 16.9 Å². The van der Waals surface area contributed by atoms with Crippen LogP contribution in [0.3, 0.4) is 0 Å². The molecule has 1 rings (SSSR count). The molecule has 7 heteroatoms. The smallest absolute Gasteiger partial charge is 0.416 e. The molecule has 0 aromatic heterocycles. The van der Waals surface area contributed by atoms with Crippen LogP contribution in [0.25, 0.3) is 0 Å². The van der Waals surface area contributed by atoms with Crippen molar-refractivity contribution in [3.8, 4) is 0 Å². The lowest BCUT2D eigenvalue weighted by Crippen LogP contribution is -2.27. The second-order valence-electron chi connectivity index (χ2n) is 5.38. The molecule has 4 nitrogen and oxygen atoms in total. The number of benzene rings is 1. The Morgan fingerprint density at radius 1 is 1.18 bits per heavy atom. The summed E-state index contributed by atoms with van der Waals surface area (Å²) in [4.78, 5) is 11.6. The highest BCUT2D eigenvalue weighted by molar-refractivity contribution is 5.89. The van der Waals surface area contributed by atoms with Gasteiger partial charge in [0, 0.05) is 0 Å². The van der Waals surface area contributed by atoms with Gasteiger partial charge in [-0.1, -0.05) is 13.8 Å². The lowest BCUT2D eigenvalue weighted by atomic mass is 10.1. The van der Waals surface area contributed by atoms with E-state index in [9.17, 15) is 18.0 Å². The number of hydrogen-bond donors (Lipinski definition) is 2. The number of anilines is 2. The van der Waals surface area contributed by atoms with Crippen LogP contribution < -0.4 is 11.1 Å². The van der Waals surface area contributed by atoms with Gasteiger partial charge in [0.15, 0.2) is 0 Å². The predicted octanol–water partition coefficient (Wildman–Crippen LogP) is 4.97. The quantitative estimate of drug-likeness (QED) is 0.718. The Bertz CT molecular complexity index is 521. The highest BCUT2D eigenvalue weighted by Gasteiger charge is 2.33. The van der Waals surface area contributed by atoms with Crippen molar-refractivity contribution in [2.24, 2.45) is 0 Å². The minimum Gasteiger partial charge on any atom is -0.444 e. The summed E-state index contributed by atoms with van der Waals surface area (Å²) in [5, 5.41) is 2.33. The molecule has 0 saturated heterocycles. The maximum atomic E-state index is 12.7. The van der Waals surface area contributed by atoms with Crippen LogP contribution in [0.1, 0.15) is 45.7 Å². The number of ether oxygens (including phenoxy) is 1. The third kappa shape index (κ3) is 6.24. The molecule has 0 aliphatic carbocycles. The first-order chi connectivity index (χ1) is 9.90. The van der Waals surface area contributed by atoms with Crippen LogP contribution >= 0.6 is 0 Å². The number of aryl methyl sites for hydroxylation is 1. The number of hydrogen-bond acceptors (Lipinski definition) is 3. The van der Waals surface area contributed by atoms with E-state index >= 15 is 0 Å². The number of halogens is 3. The molecule has 0 saturated carbocycles. The van der Waals surface area contributed by atoms with E-state index < -0.39 is 23.4 Å². The van der Waals surface area contributed by atoms with E-state index in [2.05, 4.69) is 5.32 Å². The second kappa shape index (κ2) is 7.38. The van der Waals surface area contributed by atoms with Crippen LogP contribution in [0.5, 0.6) is 0 Å².